The molecule has 1 aromatic rings. The van der Waals surface area contributed by atoms with Crippen molar-refractivity contribution >= 4 is 29.3 Å². The molecular weight excluding hydrogens is 232 g/mol. The van der Waals surface area contributed by atoms with Gasteiger partial charge in [-0.1, -0.05) is 31.9 Å². The molecule has 1 amide bonds. The smallest absolute Gasteiger partial charge is 0.394 e. The Kier molecular flexibility index (Phi) is 6.87. The molecule has 0 atom stereocenters. The third kappa shape index (κ3) is 5.98. The first-order valence-corrected chi connectivity index (χ1v) is 5.04. The SMILES string of the molecule is CCC.O=C(O)C(=O)Nc1ccc(Cl)cn1. The van der Waals surface area contributed by atoms with Crippen LogP contribution in [0.2, 0.25) is 5.02 Å². The van der Waals surface area contributed by atoms with Gasteiger partial charge in [-0.25, -0.2) is 9.78 Å². The van der Waals surface area contributed by atoms with Crippen LogP contribution in [0.4, 0.5) is 5.82 Å². The molecule has 1 aromatic heterocycles. The van der Waals surface area contributed by atoms with Gasteiger partial charge in [0.2, 0.25) is 0 Å². The maximum absolute atomic E-state index is 10.6. The number of nitrogens with one attached hydrogen (secondary N) is 1. The number of rotatable bonds is 1. The molecular formula is C10H13ClN2O3. The predicted molar refractivity (Wildman–Crippen MR) is 61.5 cm³/mol. The van der Waals surface area contributed by atoms with Gasteiger partial charge < -0.3 is 10.4 Å². The summed E-state index contributed by atoms with van der Waals surface area (Å²) in [6.07, 6.45) is 2.55. The van der Waals surface area contributed by atoms with Crippen LogP contribution >= 0.6 is 11.6 Å². The number of hydrogen-bond donors (Lipinski definition) is 2. The van der Waals surface area contributed by atoms with Crippen molar-refractivity contribution in [1.82, 2.24) is 4.98 Å². The zero-order valence-corrected chi connectivity index (χ0v) is 9.78. The van der Waals surface area contributed by atoms with E-state index in [0.29, 0.717) is 5.02 Å². The minimum absolute atomic E-state index is 0.150. The van der Waals surface area contributed by atoms with Gasteiger partial charge in [0.05, 0.1) is 5.02 Å². The minimum atomic E-state index is -1.56. The summed E-state index contributed by atoms with van der Waals surface area (Å²) in [4.78, 5) is 24.4. The summed E-state index contributed by atoms with van der Waals surface area (Å²) in [5.41, 5.74) is 0. The second kappa shape index (κ2) is 7.64. The Morgan fingerprint density at radius 1 is 1.44 bits per heavy atom. The van der Waals surface area contributed by atoms with Crippen LogP contribution in [0.25, 0.3) is 0 Å². The number of halogens is 1. The molecule has 0 saturated heterocycles. The maximum Gasteiger partial charge on any atom is 0.394 e. The van der Waals surface area contributed by atoms with Crippen molar-refractivity contribution in [2.24, 2.45) is 0 Å². The minimum Gasteiger partial charge on any atom is -0.474 e. The van der Waals surface area contributed by atoms with Crippen LogP contribution in [-0.4, -0.2) is 22.0 Å². The van der Waals surface area contributed by atoms with Crippen LogP contribution in [0.5, 0.6) is 0 Å². The van der Waals surface area contributed by atoms with E-state index in [1.807, 2.05) is 0 Å². The Morgan fingerprint density at radius 3 is 2.38 bits per heavy atom. The van der Waals surface area contributed by atoms with E-state index < -0.39 is 11.9 Å². The van der Waals surface area contributed by atoms with Crippen LogP contribution in [0.3, 0.4) is 0 Å². The molecule has 0 aromatic carbocycles. The standard InChI is InChI=1S/C7H5ClN2O3.C3H8/c8-4-1-2-5(9-3-4)10-6(11)7(12)13;1-3-2/h1-3H,(H,12,13)(H,9,10,11);3H2,1-2H3. The van der Waals surface area contributed by atoms with E-state index in [1.54, 1.807) is 0 Å². The van der Waals surface area contributed by atoms with E-state index in [9.17, 15) is 9.59 Å². The van der Waals surface area contributed by atoms with Gasteiger partial charge in [-0.2, -0.15) is 0 Å². The largest absolute Gasteiger partial charge is 0.474 e. The van der Waals surface area contributed by atoms with Crippen molar-refractivity contribution in [3.05, 3.63) is 23.4 Å². The molecule has 0 spiro atoms. The van der Waals surface area contributed by atoms with Crippen LogP contribution in [0.1, 0.15) is 20.3 Å². The maximum atomic E-state index is 10.6. The van der Waals surface area contributed by atoms with E-state index in [1.165, 1.54) is 24.8 Å². The van der Waals surface area contributed by atoms with Gasteiger partial charge in [-0.15, -0.1) is 0 Å². The number of nitrogens with zero attached hydrogens (tertiary/aromatic N) is 1. The van der Waals surface area contributed by atoms with Crippen LogP contribution < -0.4 is 5.32 Å². The molecule has 0 aliphatic rings. The molecule has 88 valence electrons. The third-order valence-corrected chi connectivity index (χ3v) is 1.39. The number of aromatic nitrogens is 1. The van der Waals surface area contributed by atoms with Gasteiger partial charge in [0.15, 0.2) is 0 Å². The Balaban J connectivity index is 0.000000673. The summed E-state index contributed by atoms with van der Waals surface area (Å²) in [7, 11) is 0. The first-order chi connectivity index (χ1) is 7.51. The molecule has 0 saturated carbocycles. The topological polar surface area (TPSA) is 79.3 Å². The fraction of sp³-hybridized carbons (Fsp3) is 0.300. The zero-order chi connectivity index (χ0) is 12.6. The van der Waals surface area contributed by atoms with E-state index in [4.69, 9.17) is 16.7 Å². The second-order valence-corrected chi connectivity index (χ2v) is 3.26. The number of carbonyl (C=O) groups is 2. The normalized spacial score (nSPS) is 8.69. The molecule has 16 heavy (non-hydrogen) atoms. The zero-order valence-electron chi connectivity index (χ0n) is 9.03. The Labute approximate surface area is 98.5 Å². The van der Waals surface area contributed by atoms with Crippen LogP contribution in [-0.2, 0) is 9.59 Å². The summed E-state index contributed by atoms with van der Waals surface area (Å²) in [6, 6.07) is 2.90. The molecule has 0 unspecified atom stereocenters. The number of carboxylic acids is 1. The molecule has 5 nitrogen and oxygen atoms in total. The van der Waals surface area contributed by atoms with Gasteiger partial charge in [0, 0.05) is 6.20 Å². The molecule has 0 radical (unpaired) electrons. The van der Waals surface area contributed by atoms with Gasteiger partial charge in [0.25, 0.3) is 0 Å². The Bertz CT molecular complexity index is 352. The Morgan fingerprint density at radius 2 is 2.00 bits per heavy atom. The first-order valence-electron chi connectivity index (χ1n) is 4.67. The van der Waals surface area contributed by atoms with Gasteiger partial charge in [-0.05, 0) is 12.1 Å². The summed E-state index contributed by atoms with van der Waals surface area (Å²) in [5, 5.41) is 10.7. The lowest BCUT2D eigenvalue weighted by atomic mass is 10.4. The van der Waals surface area contributed by atoms with E-state index in [2.05, 4.69) is 24.1 Å². The predicted octanol–water partition coefficient (Wildman–Crippen LogP) is 2.17. The number of aliphatic carboxylic acids is 1. The van der Waals surface area contributed by atoms with Crippen molar-refractivity contribution < 1.29 is 14.7 Å². The lowest BCUT2D eigenvalue weighted by Crippen LogP contribution is -2.22. The first kappa shape index (κ1) is 14.4. The molecule has 2 N–H and O–H groups in total. The van der Waals surface area contributed by atoms with Gasteiger partial charge in [0.1, 0.15) is 5.82 Å². The molecule has 0 bridgehead atoms. The molecule has 1 heterocycles. The van der Waals surface area contributed by atoms with E-state index >= 15 is 0 Å². The molecule has 6 heteroatoms. The van der Waals surface area contributed by atoms with E-state index in [-0.39, 0.29) is 5.82 Å². The van der Waals surface area contributed by atoms with Gasteiger partial charge in [-0.3, -0.25) is 4.79 Å². The summed E-state index contributed by atoms with van der Waals surface area (Å²) in [5.74, 6) is -2.54. The second-order valence-electron chi connectivity index (χ2n) is 2.83. The monoisotopic (exact) mass is 244 g/mol. The molecule has 0 aliphatic heterocycles. The highest BCUT2D eigenvalue weighted by Crippen LogP contribution is 2.08. The van der Waals surface area contributed by atoms with E-state index in [0.717, 1.165) is 0 Å². The quantitative estimate of drug-likeness (QED) is 0.742. The summed E-state index contributed by atoms with van der Waals surface area (Å²) in [6.45, 7) is 4.25. The van der Waals surface area contributed by atoms with Crippen molar-refractivity contribution in [2.75, 3.05) is 5.32 Å². The lowest BCUT2D eigenvalue weighted by Gasteiger charge is -1.99. The lowest BCUT2D eigenvalue weighted by molar-refractivity contribution is -0.147. The molecule has 0 aliphatic carbocycles. The number of carboxylic acid groups (broad SMARTS) is 1. The van der Waals surface area contributed by atoms with Crippen molar-refractivity contribution in [2.45, 2.75) is 20.3 Å². The number of carbonyl (C=O) groups excluding carboxylic acids is 1. The fourth-order valence-electron chi connectivity index (χ4n) is 0.620. The number of pyridine rings is 1. The highest BCUT2D eigenvalue weighted by atomic mass is 35.5. The molecule has 1 rings (SSSR count). The van der Waals surface area contributed by atoms with Gasteiger partial charge >= 0.3 is 11.9 Å². The van der Waals surface area contributed by atoms with Crippen LogP contribution in [0, 0.1) is 0 Å². The third-order valence-electron chi connectivity index (χ3n) is 1.16. The number of amides is 1. The van der Waals surface area contributed by atoms with Crippen molar-refractivity contribution in [3.63, 3.8) is 0 Å². The highest BCUT2D eigenvalue weighted by Gasteiger charge is 2.10. The molecule has 0 fully saturated rings. The van der Waals surface area contributed by atoms with Crippen molar-refractivity contribution in [1.29, 1.82) is 0 Å². The Hall–Kier alpha value is -1.62. The number of hydrogen-bond acceptors (Lipinski definition) is 3. The number of anilines is 1. The fourth-order valence-corrected chi connectivity index (χ4v) is 0.731. The summed E-state index contributed by atoms with van der Waals surface area (Å²) < 4.78 is 0. The highest BCUT2D eigenvalue weighted by molar-refractivity contribution is 6.36. The summed E-state index contributed by atoms with van der Waals surface area (Å²) >= 11 is 5.52. The average molecular weight is 245 g/mol. The average Bonchev–Trinajstić information content (AvgIpc) is 2.22. The van der Waals surface area contributed by atoms with Crippen molar-refractivity contribution in [3.8, 4) is 0 Å². The van der Waals surface area contributed by atoms with Crippen LogP contribution in [0.15, 0.2) is 18.3 Å².